The lowest BCUT2D eigenvalue weighted by Gasteiger charge is -2.22. The molecule has 1 aromatic heterocycles. The first-order valence-corrected chi connectivity index (χ1v) is 9.46. The average molecular weight is 416 g/mol. The molecule has 0 aliphatic rings. The van der Waals surface area contributed by atoms with Gasteiger partial charge in [0.05, 0.1) is 13.2 Å². The molecule has 0 bridgehead atoms. The largest absolute Gasteiger partial charge is 0.383 e. The van der Waals surface area contributed by atoms with Gasteiger partial charge in [-0.05, 0) is 29.8 Å². The van der Waals surface area contributed by atoms with Crippen molar-refractivity contribution in [3.8, 4) is 0 Å². The van der Waals surface area contributed by atoms with Crippen LogP contribution in [-0.2, 0) is 25.7 Å². The van der Waals surface area contributed by atoms with Crippen molar-refractivity contribution in [3.63, 3.8) is 0 Å². The van der Waals surface area contributed by atoms with Crippen LogP contribution in [-0.4, -0.2) is 54.4 Å². The fourth-order valence-electron chi connectivity index (χ4n) is 2.58. The van der Waals surface area contributed by atoms with E-state index in [0.29, 0.717) is 24.5 Å². The van der Waals surface area contributed by atoms with Crippen molar-refractivity contribution in [1.29, 1.82) is 0 Å². The van der Waals surface area contributed by atoms with Crippen LogP contribution in [0, 0.1) is 5.82 Å². The minimum atomic E-state index is -0.389. The van der Waals surface area contributed by atoms with Gasteiger partial charge in [-0.3, -0.25) is 14.4 Å². The van der Waals surface area contributed by atoms with E-state index in [1.54, 1.807) is 36.5 Å². The number of benzene rings is 1. The number of hydrogen-bond acceptors (Lipinski definition) is 5. The maximum absolute atomic E-state index is 13.1. The maximum Gasteiger partial charge on any atom is 0.239 e. The highest BCUT2D eigenvalue weighted by molar-refractivity contribution is 5.93. The number of rotatable bonds is 11. The Morgan fingerprint density at radius 3 is 2.50 bits per heavy atom. The standard InChI is InChI=1S/C21H25FN4O4/c1-30-13-12-24-20(28)15-26(14-16-5-7-17(22)8-6-16)21(29)10-9-19(27)25-18-4-2-3-11-23-18/h2-8,11H,9-10,12-15H2,1H3,(H,24,28)(H,23,25,27). The summed E-state index contributed by atoms with van der Waals surface area (Å²) in [6.07, 6.45) is 1.42. The van der Waals surface area contributed by atoms with E-state index in [1.165, 1.54) is 24.1 Å². The van der Waals surface area contributed by atoms with Crippen LogP contribution in [0.5, 0.6) is 0 Å². The number of methoxy groups -OCH3 is 1. The van der Waals surface area contributed by atoms with Crippen molar-refractivity contribution >= 4 is 23.5 Å². The van der Waals surface area contributed by atoms with Crippen LogP contribution >= 0.6 is 0 Å². The molecule has 0 radical (unpaired) electrons. The summed E-state index contributed by atoms with van der Waals surface area (Å²) in [6, 6.07) is 10.8. The van der Waals surface area contributed by atoms with Crippen molar-refractivity contribution in [2.75, 3.05) is 32.1 Å². The molecule has 2 rings (SSSR count). The zero-order valence-electron chi connectivity index (χ0n) is 16.8. The van der Waals surface area contributed by atoms with E-state index in [9.17, 15) is 18.8 Å². The number of aromatic nitrogens is 1. The number of carbonyl (C=O) groups excluding carboxylic acids is 3. The number of nitrogens with one attached hydrogen (secondary N) is 2. The van der Waals surface area contributed by atoms with Gasteiger partial charge in [-0.1, -0.05) is 18.2 Å². The third kappa shape index (κ3) is 8.36. The summed E-state index contributed by atoms with van der Waals surface area (Å²) in [5.74, 6) is -1.05. The molecular weight excluding hydrogens is 391 g/mol. The Balaban J connectivity index is 1.95. The van der Waals surface area contributed by atoms with E-state index in [2.05, 4.69) is 15.6 Å². The maximum atomic E-state index is 13.1. The lowest BCUT2D eigenvalue weighted by atomic mass is 10.2. The van der Waals surface area contributed by atoms with E-state index >= 15 is 0 Å². The van der Waals surface area contributed by atoms with Gasteiger partial charge in [0.25, 0.3) is 0 Å². The number of carbonyl (C=O) groups is 3. The van der Waals surface area contributed by atoms with Crippen molar-refractivity contribution < 1.29 is 23.5 Å². The van der Waals surface area contributed by atoms with Crippen molar-refractivity contribution in [2.24, 2.45) is 0 Å². The molecule has 9 heteroatoms. The third-order valence-electron chi connectivity index (χ3n) is 4.10. The highest BCUT2D eigenvalue weighted by Crippen LogP contribution is 2.10. The van der Waals surface area contributed by atoms with Crippen LogP contribution < -0.4 is 10.6 Å². The fraction of sp³-hybridized carbons (Fsp3) is 0.333. The molecule has 0 aliphatic heterocycles. The molecule has 30 heavy (non-hydrogen) atoms. The topological polar surface area (TPSA) is 101 Å². The first-order valence-electron chi connectivity index (χ1n) is 9.46. The number of nitrogens with zero attached hydrogens (tertiary/aromatic N) is 2. The van der Waals surface area contributed by atoms with E-state index in [4.69, 9.17) is 4.74 Å². The van der Waals surface area contributed by atoms with Crippen LogP contribution in [0.25, 0.3) is 0 Å². The Morgan fingerprint density at radius 2 is 1.83 bits per heavy atom. The van der Waals surface area contributed by atoms with E-state index in [-0.39, 0.29) is 49.5 Å². The second kappa shape index (κ2) is 12.3. The van der Waals surface area contributed by atoms with E-state index in [1.807, 2.05) is 0 Å². The van der Waals surface area contributed by atoms with Gasteiger partial charge >= 0.3 is 0 Å². The van der Waals surface area contributed by atoms with Crippen LogP contribution in [0.1, 0.15) is 18.4 Å². The number of hydrogen-bond donors (Lipinski definition) is 2. The molecule has 0 spiro atoms. The molecule has 2 N–H and O–H groups in total. The Kier molecular flexibility index (Phi) is 9.39. The lowest BCUT2D eigenvalue weighted by Crippen LogP contribution is -2.41. The highest BCUT2D eigenvalue weighted by atomic mass is 19.1. The summed E-state index contributed by atoms with van der Waals surface area (Å²) in [7, 11) is 1.52. The van der Waals surface area contributed by atoms with Gasteiger partial charge in [0.2, 0.25) is 17.7 Å². The van der Waals surface area contributed by atoms with Gasteiger partial charge in [0.15, 0.2) is 0 Å². The third-order valence-corrected chi connectivity index (χ3v) is 4.10. The molecule has 0 fully saturated rings. The van der Waals surface area contributed by atoms with Crippen molar-refractivity contribution in [1.82, 2.24) is 15.2 Å². The number of amides is 3. The quantitative estimate of drug-likeness (QED) is 0.544. The van der Waals surface area contributed by atoms with Crippen LogP contribution in [0.2, 0.25) is 0 Å². The van der Waals surface area contributed by atoms with Crippen LogP contribution in [0.15, 0.2) is 48.7 Å². The Labute approximate surface area is 174 Å². The van der Waals surface area contributed by atoms with Crippen molar-refractivity contribution in [2.45, 2.75) is 19.4 Å². The van der Waals surface area contributed by atoms with Crippen LogP contribution in [0.4, 0.5) is 10.2 Å². The van der Waals surface area contributed by atoms with Gasteiger partial charge in [0.1, 0.15) is 11.6 Å². The van der Waals surface area contributed by atoms with Gasteiger partial charge < -0.3 is 20.3 Å². The van der Waals surface area contributed by atoms with Gasteiger partial charge in [-0.2, -0.15) is 0 Å². The van der Waals surface area contributed by atoms with E-state index in [0.717, 1.165) is 0 Å². The summed E-state index contributed by atoms with van der Waals surface area (Å²) in [4.78, 5) is 42.2. The zero-order chi connectivity index (χ0) is 21.8. The van der Waals surface area contributed by atoms with Crippen LogP contribution in [0.3, 0.4) is 0 Å². The highest BCUT2D eigenvalue weighted by Gasteiger charge is 2.19. The molecule has 2 aromatic rings. The second-order valence-electron chi connectivity index (χ2n) is 6.48. The summed E-state index contributed by atoms with van der Waals surface area (Å²) >= 11 is 0. The minimum absolute atomic E-state index is 0.0549. The zero-order valence-corrected chi connectivity index (χ0v) is 16.8. The summed E-state index contributed by atoms with van der Waals surface area (Å²) in [6.45, 7) is 0.617. The Bertz CT molecular complexity index is 831. The molecular formula is C21H25FN4O4. The monoisotopic (exact) mass is 416 g/mol. The average Bonchev–Trinajstić information content (AvgIpc) is 2.74. The molecule has 160 valence electrons. The Hall–Kier alpha value is -3.33. The molecule has 3 amide bonds. The molecule has 1 aromatic carbocycles. The predicted molar refractivity (Wildman–Crippen MR) is 109 cm³/mol. The normalized spacial score (nSPS) is 10.3. The van der Waals surface area contributed by atoms with Gasteiger partial charge in [-0.25, -0.2) is 9.37 Å². The number of ether oxygens (including phenoxy) is 1. The Morgan fingerprint density at radius 1 is 1.07 bits per heavy atom. The summed E-state index contributed by atoms with van der Waals surface area (Å²) < 4.78 is 18.0. The first-order chi connectivity index (χ1) is 14.5. The molecule has 0 saturated carbocycles. The minimum Gasteiger partial charge on any atom is -0.383 e. The SMILES string of the molecule is COCCNC(=O)CN(Cc1ccc(F)cc1)C(=O)CCC(=O)Nc1ccccn1. The second-order valence-corrected chi connectivity index (χ2v) is 6.48. The molecule has 8 nitrogen and oxygen atoms in total. The number of anilines is 1. The van der Waals surface area contributed by atoms with E-state index < -0.39 is 0 Å². The molecule has 0 atom stereocenters. The summed E-state index contributed by atoms with van der Waals surface area (Å²) in [5, 5.41) is 5.27. The van der Waals surface area contributed by atoms with Crippen molar-refractivity contribution in [3.05, 3.63) is 60.0 Å². The number of pyridine rings is 1. The van der Waals surface area contributed by atoms with Gasteiger partial charge in [-0.15, -0.1) is 0 Å². The first kappa shape index (κ1) is 23.0. The smallest absolute Gasteiger partial charge is 0.239 e. The fourth-order valence-corrected chi connectivity index (χ4v) is 2.58. The molecule has 0 unspecified atom stereocenters. The predicted octanol–water partition coefficient (Wildman–Crippen LogP) is 1.73. The lowest BCUT2D eigenvalue weighted by molar-refractivity contribution is -0.137. The molecule has 0 saturated heterocycles. The number of halogens is 1. The molecule has 0 aliphatic carbocycles. The summed E-state index contributed by atoms with van der Waals surface area (Å²) in [5.41, 5.74) is 0.673. The molecule has 1 heterocycles. The van der Waals surface area contributed by atoms with Gasteiger partial charge in [0, 0.05) is 39.2 Å².